The molecule has 4 aromatic rings. The van der Waals surface area contributed by atoms with Crippen molar-refractivity contribution in [3.63, 3.8) is 0 Å². The molecule has 2 aromatic carbocycles. The maximum atomic E-state index is 11.9. The van der Waals surface area contributed by atoms with E-state index in [9.17, 15) is 5.11 Å². The fraction of sp³-hybridized carbons (Fsp3) is 0.308. The molecule has 1 N–H and O–H groups in total. The van der Waals surface area contributed by atoms with E-state index < -0.39 is 24.0 Å². The van der Waals surface area contributed by atoms with E-state index in [1.807, 2.05) is 0 Å². The molecule has 0 radical (unpaired) electrons. The number of rotatable bonds is 8. The van der Waals surface area contributed by atoms with E-state index in [-0.39, 0.29) is 30.3 Å². The van der Waals surface area contributed by atoms with Crippen LogP contribution < -0.4 is 0 Å². The van der Waals surface area contributed by atoms with E-state index in [1.165, 1.54) is 0 Å². The molecule has 0 bridgehead atoms. The van der Waals surface area contributed by atoms with Crippen LogP contribution in [0.5, 0.6) is 0 Å². The minimum atomic E-state index is -1.55. The van der Waals surface area contributed by atoms with Crippen molar-refractivity contribution in [2.45, 2.75) is 44.2 Å². The highest BCUT2D eigenvalue weighted by molar-refractivity contribution is 14.1. The summed E-state index contributed by atoms with van der Waals surface area (Å²) in [6.07, 6.45) is -0.697. The minimum absolute atomic E-state index is 0.0317. The molecule has 3 heterocycles. The molecule has 0 spiro atoms. The number of ether oxygens (including phenoxy) is 3. The summed E-state index contributed by atoms with van der Waals surface area (Å²) in [7, 11) is 0. The average Bonchev–Trinajstić information content (AvgIpc) is 3.32. The van der Waals surface area contributed by atoms with Crippen LogP contribution in [0.25, 0.3) is 11.0 Å². The third-order valence-electron chi connectivity index (χ3n) is 6.51. The van der Waals surface area contributed by atoms with Gasteiger partial charge in [-0.2, -0.15) is 4.98 Å². The molecular weight excluding hydrogens is 758 g/mol. The zero-order valence-electron chi connectivity index (χ0n) is 20.6. The summed E-state index contributed by atoms with van der Waals surface area (Å²) in [5.41, 5.74) is 0.313. The lowest BCUT2D eigenvalue weighted by molar-refractivity contribution is -0.114. The average molecular weight is 778 g/mol. The first kappa shape index (κ1) is 30.8. The molecule has 40 heavy (non-hydrogen) atoms. The number of halogens is 7. The van der Waals surface area contributed by atoms with Crippen LogP contribution in [0.1, 0.15) is 24.3 Å². The first-order chi connectivity index (χ1) is 19.0. The number of nitrogens with zero attached hydrogens (tertiary/aromatic N) is 3. The predicted octanol–water partition coefficient (Wildman–Crippen LogP) is 8.41. The molecule has 2 aromatic heterocycles. The highest BCUT2D eigenvalue weighted by Crippen LogP contribution is 2.43. The summed E-state index contributed by atoms with van der Waals surface area (Å²) in [5.74, 6) is 0. The van der Waals surface area contributed by atoms with Gasteiger partial charge < -0.3 is 23.9 Å². The Labute approximate surface area is 273 Å². The molecule has 7 nitrogen and oxygen atoms in total. The van der Waals surface area contributed by atoms with Crippen molar-refractivity contribution < 1.29 is 19.3 Å². The van der Waals surface area contributed by atoms with Crippen LogP contribution >= 0.6 is 92.2 Å². The Kier molecular flexibility index (Phi) is 9.66. The summed E-state index contributed by atoms with van der Waals surface area (Å²) in [6, 6.07) is 10.3. The molecule has 0 unspecified atom stereocenters. The molecule has 0 aliphatic carbocycles. The van der Waals surface area contributed by atoms with E-state index in [1.54, 1.807) is 54.1 Å². The van der Waals surface area contributed by atoms with E-state index in [4.69, 9.17) is 83.8 Å². The number of aliphatic hydroxyl groups is 1. The number of aromatic nitrogens is 3. The van der Waals surface area contributed by atoms with Crippen molar-refractivity contribution in [1.29, 1.82) is 0 Å². The molecule has 14 heteroatoms. The Morgan fingerprint density at radius 1 is 0.975 bits per heavy atom. The van der Waals surface area contributed by atoms with Gasteiger partial charge in [-0.25, -0.2) is 4.98 Å². The van der Waals surface area contributed by atoms with Gasteiger partial charge in [0, 0.05) is 29.9 Å². The monoisotopic (exact) mass is 775 g/mol. The van der Waals surface area contributed by atoms with Gasteiger partial charge in [0.15, 0.2) is 6.23 Å². The highest BCUT2D eigenvalue weighted by Gasteiger charge is 2.55. The SMILES string of the molecule is C[C@@]1(O)[C@H](OCc2ccc(Cl)cc2Cl)[C@@H](COCc2ccc(Cl)cc2Cl)O[C@H]1n1cc(I)c2c(Cl)nc(Cl)nc21. The van der Waals surface area contributed by atoms with Crippen LogP contribution in [0.2, 0.25) is 30.5 Å². The van der Waals surface area contributed by atoms with Gasteiger partial charge in [0.2, 0.25) is 5.28 Å². The maximum absolute atomic E-state index is 11.9. The number of hydrogen-bond donors (Lipinski definition) is 1. The van der Waals surface area contributed by atoms with Crippen LogP contribution in [0.4, 0.5) is 0 Å². The predicted molar refractivity (Wildman–Crippen MR) is 166 cm³/mol. The van der Waals surface area contributed by atoms with Gasteiger partial charge >= 0.3 is 0 Å². The second-order valence-corrected chi connectivity index (χ2v) is 12.9. The fourth-order valence-corrected chi connectivity index (χ4v) is 6.96. The van der Waals surface area contributed by atoms with Gasteiger partial charge in [0.25, 0.3) is 0 Å². The van der Waals surface area contributed by atoms with Crippen LogP contribution in [0.3, 0.4) is 0 Å². The molecule has 1 aliphatic heterocycles. The van der Waals surface area contributed by atoms with E-state index >= 15 is 0 Å². The molecular formula is C26H20Cl6IN3O4. The molecule has 1 fully saturated rings. The van der Waals surface area contributed by atoms with Crippen molar-refractivity contribution in [2.24, 2.45) is 0 Å². The van der Waals surface area contributed by atoms with Crippen molar-refractivity contribution in [2.75, 3.05) is 6.61 Å². The van der Waals surface area contributed by atoms with Crippen molar-refractivity contribution in [3.8, 4) is 0 Å². The Balaban J connectivity index is 1.44. The largest absolute Gasteiger partial charge is 0.383 e. The van der Waals surface area contributed by atoms with Gasteiger partial charge in [0.05, 0.1) is 25.2 Å². The fourth-order valence-electron chi connectivity index (χ4n) is 4.60. The Morgan fingerprint density at radius 3 is 2.23 bits per heavy atom. The lowest BCUT2D eigenvalue weighted by Crippen LogP contribution is -2.46. The van der Waals surface area contributed by atoms with Crippen LogP contribution in [-0.2, 0) is 27.4 Å². The normalized spacial score (nSPS) is 22.9. The smallest absolute Gasteiger partial charge is 0.225 e. The number of benzene rings is 2. The summed E-state index contributed by atoms with van der Waals surface area (Å²) in [6.45, 7) is 2.00. The van der Waals surface area contributed by atoms with E-state index in [0.717, 1.165) is 9.13 Å². The van der Waals surface area contributed by atoms with Gasteiger partial charge in [-0.15, -0.1) is 0 Å². The third-order valence-corrected chi connectivity index (χ3v) is 8.95. The summed E-state index contributed by atoms with van der Waals surface area (Å²) in [4.78, 5) is 8.40. The highest BCUT2D eigenvalue weighted by atomic mass is 127. The number of fused-ring (bicyclic) bond motifs is 1. The van der Waals surface area contributed by atoms with Crippen molar-refractivity contribution >= 4 is 103 Å². The van der Waals surface area contributed by atoms with Crippen LogP contribution in [-0.4, -0.2) is 44.1 Å². The first-order valence-corrected chi connectivity index (χ1v) is 15.1. The summed E-state index contributed by atoms with van der Waals surface area (Å²) < 4.78 is 21.1. The molecule has 212 valence electrons. The molecule has 1 aliphatic rings. The summed E-state index contributed by atoms with van der Waals surface area (Å²) >= 11 is 39.4. The van der Waals surface area contributed by atoms with Gasteiger partial charge in [-0.3, -0.25) is 0 Å². The molecule has 1 saturated heterocycles. The zero-order valence-corrected chi connectivity index (χ0v) is 27.2. The Morgan fingerprint density at radius 2 is 1.60 bits per heavy atom. The van der Waals surface area contributed by atoms with Gasteiger partial charge in [-0.1, -0.05) is 70.1 Å². The molecule has 0 amide bonds. The number of hydrogen-bond acceptors (Lipinski definition) is 6. The minimum Gasteiger partial charge on any atom is -0.383 e. The van der Waals surface area contributed by atoms with Gasteiger partial charge in [-0.05, 0) is 76.5 Å². The van der Waals surface area contributed by atoms with Crippen molar-refractivity contribution in [1.82, 2.24) is 14.5 Å². The third kappa shape index (κ3) is 6.33. The van der Waals surface area contributed by atoms with Gasteiger partial charge in [0.1, 0.15) is 28.6 Å². The standard InChI is InChI=1S/C26H20Cl6IN3O4/c1-26(37)21(39-10-13-3-5-15(28)7-17(13)30)19(11-38-9-12-2-4-14(27)6-16(12)29)40-24(26)36-8-18(33)20-22(31)34-25(32)35-23(20)36/h2-8,19,21,24,37H,9-11H2,1H3/t19-,21-,24-,26-/m1/s1. The van der Waals surface area contributed by atoms with E-state index in [2.05, 4.69) is 32.6 Å². The lowest BCUT2D eigenvalue weighted by atomic mass is 9.96. The molecule has 4 atom stereocenters. The second kappa shape index (κ2) is 12.5. The first-order valence-electron chi connectivity index (χ1n) is 11.8. The van der Waals surface area contributed by atoms with Crippen LogP contribution in [0, 0.1) is 3.57 Å². The Hall–Kier alpha value is -0.630. The van der Waals surface area contributed by atoms with Crippen LogP contribution in [0.15, 0.2) is 42.6 Å². The topological polar surface area (TPSA) is 78.6 Å². The Bertz CT molecular complexity index is 1570. The second-order valence-electron chi connectivity index (χ2n) is 9.34. The summed E-state index contributed by atoms with van der Waals surface area (Å²) in [5, 5.41) is 14.6. The molecule has 5 rings (SSSR count). The zero-order chi connectivity index (χ0) is 28.8. The maximum Gasteiger partial charge on any atom is 0.225 e. The van der Waals surface area contributed by atoms with Crippen molar-refractivity contribution in [3.05, 3.63) is 87.8 Å². The van der Waals surface area contributed by atoms with E-state index in [0.29, 0.717) is 36.7 Å². The quantitative estimate of drug-likeness (QED) is 0.110. The molecule has 0 saturated carbocycles. The lowest BCUT2D eigenvalue weighted by Gasteiger charge is -2.30.